The molecule has 0 aliphatic rings. The van der Waals surface area contributed by atoms with Crippen LogP contribution in [0.5, 0.6) is 0 Å². The minimum absolute atomic E-state index is 0.833. The van der Waals surface area contributed by atoms with Crippen LogP contribution in [0.15, 0.2) is 43.0 Å². The van der Waals surface area contributed by atoms with Gasteiger partial charge < -0.3 is 0 Å². The van der Waals surface area contributed by atoms with Crippen molar-refractivity contribution in [2.75, 3.05) is 0 Å². The third-order valence-corrected chi connectivity index (χ3v) is 1.60. The average molecular weight is 232 g/mol. The summed E-state index contributed by atoms with van der Waals surface area (Å²) >= 11 is 0. The molecule has 96 valence electrons. The van der Waals surface area contributed by atoms with Gasteiger partial charge in [-0.25, -0.2) is 0 Å². The lowest BCUT2D eigenvalue weighted by Gasteiger charge is -1.96. The summed E-state index contributed by atoms with van der Waals surface area (Å²) in [6, 6.07) is 8.27. The lowest BCUT2D eigenvalue weighted by atomic mass is 10.1. The summed E-state index contributed by atoms with van der Waals surface area (Å²) in [6.45, 7) is 16.2. The van der Waals surface area contributed by atoms with E-state index in [2.05, 4.69) is 52.5 Å². The van der Waals surface area contributed by atoms with Crippen LogP contribution in [0.1, 0.15) is 45.7 Å². The molecule has 0 nitrogen and oxygen atoms in total. The molecule has 0 unspecified atom stereocenters. The van der Waals surface area contributed by atoms with Crippen LogP contribution in [0, 0.1) is 12.8 Å². The zero-order chi connectivity index (χ0) is 13.7. The van der Waals surface area contributed by atoms with Crippen LogP contribution >= 0.6 is 0 Å². The molecule has 17 heavy (non-hydrogen) atoms. The molecule has 0 heteroatoms. The van der Waals surface area contributed by atoms with E-state index < -0.39 is 0 Å². The van der Waals surface area contributed by atoms with Gasteiger partial charge >= 0.3 is 0 Å². The molecule has 1 rings (SSSR count). The van der Waals surface area contributed by atoms with Crippen LogP contribution in [0.4, 0.5) is 0 Å². The summed E-state index contributed by atoms with van der Waals surface area (Å²) in [4.78, 5) is 0. The first kappa shape index (κ1) is 18.1. The van der Waals surface area contributed by atoms with E-state index in [9.17, 15) is 0 Å². The molecule has 0 saturated heterocycles. The van der Waals surface area contributed by atoms with Gasteiger partial charge in [-0.3, -0.25) is 0 Å². The van der Waals surface area contributed by atoms with E-state index >= 15 is 0 Å². The fraction of sp³-hybridized carbons (Fsp3) is 0.412. The Hall–Kier alpha value is -1.30. The third kappa shape index (κ3) is 12.6. The lowest BCUT2D eigenvalue weighted by molar-refractivity contribution is 0.737. The Kier molecular flexibility index (Phi) is 13.6. The maximum atomic E-state index is 3.62. The first-order chi connectivity index (χ1) is 8.07. The van der Waals surface area contributed by atoms with E-state index in [0.717, 1.165) is 5.92 Å². The second kappa shape index (κ2) is 12.8. The summed E-state index contributed by atoms with van der Waals surface area (Å²) in [5, 5.41) is 0. The van der Waals surface area contributed by atoms with Crippen molar-refractivity contribution in [2.24, 2.45) is 5.92 Å². The van der Waals surface area contributed by atoms with Gasteiger partial charge in [-0.15, -0.1) is 0 Å². The summed E-state index contributed by atoms with van der Waals surface area (Å²) in [5.41, 5.74) is 2.55. The van der Waals surface area contributed by atoms with Crippen molar-refractivity contribution in [1.29, 1.82) is 0 Å². The van der Waals surface area contributed by atoms with Crippen molar-refractivity contribution in [2.45, 2.75) is 41.5 Å². The van der Waals surface area contributed by atoms with E-state index in [4.69, 9.17) is 0 Å². The van der Waals surface area contributed by atoms with Crippen LogP contribution in [-0.2, 0) is 0 Å². The largest absolute Gasteiger partial charge is 0.0991 e. The second-order valence-electron chi connectivity index (χ2n) is 4.18. The number of hydrogen-bond donors (Lipinski definition) is 0. The molecule has 0 aromatic heterocycles. The lowest BCUT2D eigenvalue weighted by Crippen LogP contribution is -1.76. The van der Waals surface area contributed by atoms with E-state index in [1.165, 1.54) is 11.1 Å². The molecule has 1 aromatic carbocycles. The summed E-state index contributed by atoms with van der Waals surface area (Å²) in [5.74, 6) is 0.833. The van der Waals surface area contributed by atoms with Gasteiger partial charge in [-0.2, -0.15) is 0 Å². The van der Waals surface area contributed by atoms with Gasteiger partial charge in [0.15, 0.2) is 0 Å². The smallest absolute Gasteiger partial charge is 0.0227 e. The molecule has 0 radical (unpaired) electrons. The Morgan fingerprint density at radius 1 is 1.06 bits per heavy atom. The molecular formula is C17H28. The van der Waals surface area contributed by atoms with Gasteiger partial charge in [0.25, 0.3) is 0 Å². The fourth-order valence-electron chi connectivity index (χ4n) is 0.945. The monoisotopic (exact) mass is 232 g/mol. The number of aryl methyl sites for hydroxylation is 1. The van der Waals surface area contributed by atoms with Crippen LogP contribution in [0.25, 0.3) is 6.08 Å². The maximum Gasteiger partial charge on any atom is -0.0227 e. The van der Waals surface area contributed by atoms with Crippen LogP contribution in [-0.4, -0.2) is 0 Å². The number of rotatable bonds is 2. The summed E-state index contributed by atoms with van der Waals surface area (Å²) in [6.07, 6.45) is 5.79. The van der Waals surface area contributed by atoms with Crippen molar-refractivity contribution in [3.63, 3.8) is 0 Å². The van der Waals surface area contributed by atoms with E-state index in [0.29, 0.717) is 0 Å². The van der Waals surface area contributed by atoms with E-state index in [1.807, 2.05) is 32.1 Å². The van der Waals surface area contributed by atoms with Crippen LogP contribution in [0.2, 0.25) is 0 Å². The van der Waals surface area contributed by atoms with E-state index in [1.54, 1.807) is 6.08 Å². The average Bonchev–Trinajstić information content (AvgIpc) is 2.30. The first-order valence-corrected chi connectivity index (χ1v) is 6.42. The minimum atomic E-state index is 0.833. The van der Waals surface area contributed by atoms with Crippen LogP contribution < -0.4 is 0 Å². The SMILES string of the molecule is C=C/C=C\c1ccccc1C.CC.CC(C)C. The standard InChI is InChI=1S/C11H12.C4H10.C2H6/c1-3-4-8-11-9-6-5-7-10(11)2;1-4(2)3;1-2/h3-9H,1H2,2H3;4H,1-3H3;1-2H3/b8-4-;;. The molecule has 1 aromatic rings. The Morgan fingerprint density at radius 2 is 1.53 bits per heavy atom. The Labute approximate surface area is 108 Å². The van der Waals surface area contributed by atoms with Gasteiger partial charge in [0.1, 0.15) is 0 Å². The van der Waals surface area contributed by atoms with Gasteiger partial charge in [-0.1, -0.05) is 83.7 Å². The molecule has 0 N–H and O–H groups in total. The molecule has 0 heterocycles. The highest BCUT2D eigenvalue weighted by Crippen LogP contribution is 2.08. The molecular weight excluding hydrogens is 204 g/mol. The third-order valence-electron chi connectivity index (χ3n) is 1.60. The highest BCUT2D eigenvalue weighted by molar-refractivity contribution is 5.54. The molecule has 0 aliphatic heterocycles. The molecule has 0 atom stereocenters. The minimum Gasteiger partial charge on any atom is -0.0991 e. The van der Waals surface area contributed by atoms with Gasteiger partial charge in [0.05, 0.1) is 0 Å². The topological polar surface area (TPSA) is 0 Å². The molecule has 0 bridgehead atoms. The summed E-state index contributed by atoms with van der Waals surface area (Å²) in [7, 11) is 0. The van der Waals surface area contributed by atoms with Gasteiger partial charge in [0.2, 0.25) is 0 Å². The van der Waals surface area contributed by atoms with E-state index in [-0.39, 0.29) is 0 Å². The first-order valence-electron chi connectivity index (χ1n) is 6.42. The quantitative estimate of drug-likeness (QED) is 0.558. The van der Waals surface area contributed by atoms with Crippen molar-refractivity contribution in [1.82, 2.24) is 0 Å². The van der Waals surface area contributed by atoms with Crippen molar-refractivity contribution < 1.29 is 0 Å². The molecule has 0 fully saturated rings. The second-order valence-corrected chi connectivity index (χ2v) is 4.18. The molecule has 0 saturated carbocycles. The normalized spacial score (nSPS) is 9.12. The van der Waals surface area contributed by atoms with Gasteiger partial charge in [0, 0.05) is 0 Å². The van der Waals surface area contributed by atoms with Crippen molar-refractivity contribution in [3.05, 3.63) is 54.1 Å². The fourth-order valence-corrected chi connectivity index (χ4v) is 0.945. The Morgan fingerprint density at radius 3 is 1.94 bits per heavy atom. The Balaban J connectivity index is 0. The van der Waals surface area contributed by atoms with Crippen molar-refractivity contribution >= 4 is 6.08 Å². The zero-order valence-corrected chi connectivity index (χ0v) is 12.3. The molecule has 0 amide bonds. The highest BCUT2D eigenvalue weighted by Gasteiger charge is 1.88. The van der Waals surface area contributed by atoms with Crippen molar-refractivity contribution in [3.8, 4) is 0 Å². The predicted octanol–water partition coefficient (Wildman–Crippen LogP) is 5.88. The Bertz CT molecular complexity index is 303. The molecule has 0 aliphatic carbocycles. The summed E-state index contributed by atoms with van der Waals surface area (Å²) < 4.78 is 0. The zero-order valence-electron chi connectivity index (χ0n) is 12.3. The number of hydrogen-bond acceptors (Lipinski definition) is 0. The van der Waals surface area contributed by atoms with Gasteiger partial charge in [-0.05, 0) is 24.0 Å². The highest BCUT2D eigenvalue weighted by atomic mass is 13.9. The van der Waals surface area contributed by atoms with Crippen LogP contribution in [0.3, 0.4) is 0 Å². The molecule has 0 spiro atoms. The predicted molar refractivity (Wildman–Crippen MR) is 82.3 cm³/mol. The number of allylic oxidation sites excluding steroid dienone is 2. The number of benzene rings is 1. The maximum absolute atomic E-state index is 3.62.